The maximum atomic E-state index is 9.98. The van der Waals surface area contributed by atoms with Gasteiger partial charge in [-0.1, -0.05) is 25.5 Å². The first kappa shape index (κ1) is 15.3. The van der Waals surface area contributed by atoms with Gasteiger partial charge in [0, 0.05) is 12.6 Å². The molecule has 0 bridgehead atoms. The van der Waals surface area contributed by atoms with Crippen LogP contribution in [0, 0.1) is 19.8 Å². The number of benzene rings is 1. The highest BCUT2D eigenvalue weighted by Crippen LogP contribution is 2.34. The first-order valence-corrected chi connectivity index (χ1v) is 7.71. The lowest BCUT2D eigenvalue weighted by Gasteiger charge is -2.15. The van der Waals surface area contributed by atoms with E-state index in [0.717, 1.165) is 17.2 Å². The fourth-order valence-electron chi connectivity index (χ4n) is 2.58. The van der Waals surface area contributed by atoms with Crippen molar-refractivity contribution in [2.75, 3.05) is 13.2 Å². The smallest absolute Gasteiger partial charge is 0.122 e. The maximum Gasteiger partial charge on any atom is 0.122 e. The van der Waals surface area contributed by atoms with E-state index in [-0.39, 0.29) is 0 Å². The van der Waals surface area contributed by atoms with Gasteiger partial charge < -0.3 is 15.2 Å². The number of aliphatic hydroxyl groups is 1. The molecule has 3 unspecified atom stereocenters. The second-order valence-electron chi connectivity index (χ2n) is 6.03. The van der Waals surface area contributed by atoms with Gasteiger partial charge >= 0.3 is 0 Å². The third kappa shape index (κ3) is 4.50. The molecule has 2 N–H and O–H groups in total. The first-order chi connectivity index (χ1) is 9.60. The number of hydrogen-bond acceptors (Lipinski definition) is 3. The molecule has 0 aromatic heterocycles. The minimum absolute atomic E-state index is 0.350. The predicted molar refractivity (Wildman–Crippen MR) is 82.2 cm³/mol. The molecule has 0 aliphatic heterocycles. The first-order valence-electron chi connectivity index (χ1n) is 7.71. The fourth-order valence-corrected chi connectivity index (χ4v) is 2.58. The minimum atomic E-state index is -0.446. The van der Waals surface area contributed by atoms with E-state index in [1.54, 1.807) is 0 Å². The van der Waals surface area contributed by atoms with Crippen LogP contribution in [0.15, 0.2) is 18.2 Å². The molecular weight excluding hydrogens is 250 g/mol. The van der Waals surface area contributed by atoms with Crippen LogP contribution in [0.2, 0.25) is 0 Å². The minimum Gasteiger partial charge on any atom is -0.491 e. The highest BCUT2D eigenvalue weighted by Gasteiger charge is 2.35. The zero-order valence-electron chi connectivity index (χ0n) is 12.9. The van der Waals surface area contributed by atoms with Gasteiger partial charge in [-0.3, -0.25) is 0 Å². The normalized spacial score (nSPS) is 22.6. The Hall–Kier alpha value is -1.06. The summed E-state index contributed by atoms with van der Waals surface area (Å²) in [6.07, 6.45) is 3.37. The molecule has 1 fully saturated rings. The van der Waals surface area contributed by atoms with E-state index in [1.807, 2.05) is 19.9 Å². The van der Waals surface area contributed by atoms with Crippen molar-refractivity contribution in [1.29, 1.82) is 0 Å². The summed E-state index contributed by atoms with van der Waals surface area (Å²) in [7, 11) is 0. The Morgan fingerprint density at radius 2 is 2.20 bits per heavy atom. The molecule has 0 saturated heterocycles. The van der Waals surface area contributed by atoms with Gasteiger partial charge in [0.05, 0.1) is 0 Å². The monoisotopic (exact) mass is 277 g/mol. The molecule has 1 aliphatic carbocycles. The average Bonchev–Trinajstić information content (AvgIpc) is 3.16. The van der Waals surface area contributed by atoms with Crippen molar-refractivity contribution in [3.05, 3.63) is 29.3 Å². The quantitative estimate of drug-likeness (QED) is 0.768. The SMILES string of the molecule is CCCC1CC1NCC(O)COc1cc(C)ccc1C. The van der Waals surface area contributed by atoms with Crippen LogP contribution in [0.5, 0.6) is 5.75 Å². The molecule has 1 saturated carbocycles. The number of rotatable bonds is 8. The van der Waals surface area contributed by atoms with E-state index in [2.05, 4.69) is 24.4 Å². The van der Waals surface area contributed by atoms with E-state index in [0.29, 0.717) is 19.2 Å². The van der Waals surface area contributed by atoms with Gasteiger partial charge in [0.1, 0.15) is 18.5 Å². The van der Waals surface area contributed by atoms with Crippen LogP contribution in [0.25, 0.3) is 0 Å². The molecule has 1 aromatic rings. The van der Waals surface area contributed by atoms with Gasteiger partial charge in [-0.05, 0) is 49.8 Å². The summed E-state index contributed by atoms with van der Waals surface area (Å²) in [6, 6.07) is 6.76. The second kappa shape index (κ2) is 7.09. The fraction of sp³-hybridized carbons (Fsp3) is 0.647. The molecule has 112 valence electrons. The predicted octanol–water partition coefficient (Wildman–Crippen LogP) is 2.82. The molecule has 3 atom stereocenters. The topological polar surface area (TPSA) is 41.5 Å². The van der Waals surface area contributed by atoms with Crippen molar-refractivity contribution in [2.45, 2.75) is 52.2 Å². The zero-order chi connectivity index (χ0) is 14.5. The van der Waals surface area contributed by atoms with Gasteiger partial charge in [-0.2, -0.15) is 0 Å². The Morgan fingerprint density at radius 1 is 1.40 bits per heavy atom. The van der Waals surface area contributed by atoms with Crippen molar-refractivity contribution in [3.8, 4) is 5.75 Å². The summed E-state index contributed by atoms with van der Waals surface area (Å²) in [4.78, 5) is 0. The van der Waals surface area contributed by atoms with E-state index < -0.39 is 6.10 Å². The molecule has 1 aromatic carbocycles. The number of hydrogen-bond donors (Lipinski definition) is 2. The summed E-state index contributed by atoms with van der Waals surface area (Å²) in [5.41, 5.74) is 2.29. The highest BCUT2D eigenvalue weighted by molar-refractivity contribution is 5.35. The summed E-state index contributed by atoms with van der Waals surface area (Å²) in [6.45, 7) is 7.27. The summed E-state index contributed by atoms with van der Waals surface area (Å²) in [5, 5.41) is 13.4. The molecule has 3 nitrogen and oxygen atoms in total. The van der Waals surface area contributed by atoms with Gasteiger partial charge in [-0.25, -0.2) is 0 Å². The molecule has 1 aliphatic rings. The van der Waals surface area contributed by atoms with Crippen molar-refractivity contribution >= 4 is 0 Å². The number of aryl methyl sites for hydroxylation is 2. The van der Waals surface area contributed by atoms with Crippen LogP contribution >= 0.6 is 0 Å². The van der Waals surface area contributed by atoms with E-state index in [1.165, 1.54) is 24.8 Å². The largest absolute Gasteiger partial charge is 0.491 e. The molecule has 3 heteroatoms. The summed E-state index contributed by atoms with van der Waals surface area (Å²) in [5.74, 6) is 1.70. The Balaban J connectivity index is 1.67. The molecule has 0 amide bonds. The van der Waals surface area contributed by atoms with E-state index in [9.17, 15) is 5.11 Å². The van der Waals surface area contributed by atoms with Crippen molar-refractivity contribution in [3.63, 3.8) is 0 Å². The second-order valence-corrected chi connectivity index (χ2v) is 6.03. The lowest BCUT2D eigenvalue weighted by molar-refractivity contribution is 0.105. The van der Waals surface area contributed by atoms with Crippen molar-refractivity contribution in [1.82, 2.24) is 5.32 Å². The molecule has 0 radical (unpaired) electrons. The van der Waals surface area contributed by atoms with Gasteiger partial charge in [0.2, 0.25) is 0 Å². The molecule has 0 spiro atoms. The third-order valence-electron chi connectivity index (χ3n) is 3.97. The number of ether oxygens (including phenoxy) is 1. The van der Waals surface area contributed by atoms with Crippen LogP contribution in [-0.4, -0.2) is 30.4 Å². The summed E-state index contributed by atoms with van der Waals surface area (Å²) >= 11 is 0. The van der Waals surface area contributed by atoms with Crippen LogP contribution in [0.1, 0.15) is 37.3 Å². The van der Waals surface area contributed by atoms with Gasteiger partial charge in [0.25, 0.3) is 0 Å². The molecule has 20 heavy (non-hydrogen) atoms. The number of aliphatic hydroxyl groups excluding tert-OH is 1. The molecule has 0 heterocycles. The Bertz CT molecular complexity index is 433. The lowest BCUT2D eigenvalue weighted by Crippen LogP contribution is -2.33. The van der Waals surface area contributed by atoms with Crippen molar-refractivity contribution < 1.29 is 9.84 Å². The Morgan fingerprint density at radius 3 is 2.95 bits per heavy atom. The maximum absolute atomic E-state index is 9.98. The van der Waals surface area contributed by atoms with Crippen LogP contribution in [0.3, 0.4) is 0 Å². The Labute approximate surface area is 122 Å². The van der Waals surface area contributed by atoms with Crippen LogP contribution < -0.4 is 10.1 Å². The van der Waals surface area contributed by atoms with Gasteiger partial charge in [-0.15, -0.1) is 0 Å². The van der Waals surface area contributed by atoms with Crippen molar-refractivity contribution in [2.24, 2.45) is 5.92 Å². The average molecular weight is 277 g/mol. The third-order valence-corrected chi connectivity index (χ3v) is 3.97. The van der Waals surface area contributed by atoms with Crippen LogP contribution in [0.4, 0.5) is 0 Å². The zero-order valence-corrected chi connectivity index (χ0v) is 12.9. The molecular formula is C17H27NO2. The summed E-state index contributed by atoms with van der Waals surface area (Å²) < 4.78 is 5.72. The number of nitrogens with one attached hydrogen (secondary N) is 1. The highest BCUT2D eigenvalue weighted by atomic mass is 16.5. The lowest BCUT2D eigenvalue weighted by atomic mass is 10.1. The van der Waals surface area contributed by atoms with E-state index >= 15 is 0 Å². The Kier molecular flexibility index (Phi) is 5.44. The molecule has 2 rings (SSSR count). The van der Waals surface area contributed by atoms with Gasteiger partial charge in [0.15, 0.2) is 0 Å². The van der Waals surface area contributed by atoms with Crippen LogP contribution in [-0.2, 0) is 0 Å². The van der Waals surface area contributed by atoms with E-state index in [4.69, 9.17) is 4.74 Å². The standard InChI is InChI=1S/C17H27NO2/c1-4-5-14-9-16(14)18-10-15(19)11-20-17-8-12(2)6-7-13(17)3/h6-8,14-16,18-19H,4-5,9-11H2,1-3H3.